The topological polar surface area (TPSA) is 80.0 Å². The lowest BCUT2D eigenvalue weighted by molar-refractivity contribution is -0.114. The number of hydrogen-bond acceptors (Lipinski definition) is 4. The maximum Gasteiger partial charge on any atom is 0.221 e. The highest BCUT2D eigenvalue weighted by molar-refractivity contribution is 5.89. The molecule has 0 aliphatic carbocycles. The van der Waals surface area contributed by atoms with Gasteiger partial charge in [0, 0.05) is 24.5 Å². The minimum Gasteiger partial charge on any atom is -0.396 e. The highest BCUT2D eigenvalue weighted by Crippen LogP contribution is 2.23. The Kier molecular flexibility index (Phi) is 3.66. The summed E-state index contributed by atoms with van der Waals surface area (Å²) in [6.45, 7) is 3.41. The van der Waals surface area contributed by atoms with Crippen molar-refractivity contribution < 1.29 is 4.79 Å². The Labute approximate surface area is 111 Å². The lowest BCUT2D eigenvalue weighted by Crippen LogP contribution is -2.06. The second kappa shape index (κ2) is 5.39. The first-order valence-electron chi connectivity index (χ1n) is 5.91. The zero-order valence-electron chi connectivity index (χ0n) is 10.9. The minimum atomic E-state index is -0.106. The van der Waals surface area contributed by atoms with E-state index in [9.17, 15) is 4.79 Å². The van der Waals surface area contributed by atoms with E-state index in [1.807, 2.05) is 37.3 Å². The average Bonchev–Trinajstić information content (AvgIpc) is 2.32. The highest BCUT2D eigenvalue weighted by atomic mass is 16.1. The van der Waals surface area contributed by atoms with Crippen molar-refractivity contribution in [2.24, 2.45) is 0 Å². The van der Waals surface area contributed by atoms with Gasteiger partial charge in [0.1, 0.15) is 0 Å². The van der Waals surface area contributed by atoms with E-state index < -0.39 is 0 Å². The lowest BCUT2D eigenvalue weighted by atomic mass is 10.2. The van der Waals surface area contributed by atoms with Gasteiger partial charge < -0.3 is 16.4 Å². The summed E-state index contributed by atoms with van der Waals surface area (Å²) in [7, 11) is 0. The molecule has 0 saturated heterocycles. The number of pyridine rings is 1. The van der Waals surface area contributed by atoms with Crippen molar-refractivity contribution in [2.75, 3.05) is 16.4 Å². The number of rotatable bonds is 3. The fraction of sp³-hybridized carbons (Fsp3) is 0.143. The van der Waals surface area contributed by atoms with Crippen LogP contribution in [0.25, 0.3) is 0 Å². The van der Waals surface area contributed by atoms with Gasteiger partial charge in [0.05, 0.1) is 5.69 Å². The van der Waals surface area contributed by atoms with Crippen LogP contribution in [0.1, 0.15) is 12.5 Å². The predicted octanol–water partition coefficient (Wildman–Crippen LogP) is 2.67. The third-order valence-electron chi connectivity index (χ3n) is 2.50. The van der Waals surface area contributed by atoms with E-state index in [0.29, 0.717) is 11.5 Å². The van der Waals surface area contributed by atoms with Crippen LogP contribution in [0, 0.1) is 6.92 Å². The molecule has 4 N–H and O–H groups in total. The van der Waals surface area contributed by atoms with Crippen LogP contribution in [0.3, 0.4) is 0 Å². The number of benzene rings is 1. The van der Waals surface area contributed by atoms with Gasteiger partial charge in [0.2, 0.25) is 5.91 Å². The first-order chi connectivity index (χ1) is 9.04. The molecule has 1 aromatic carbocycles. The van der Waals surface area contributed by atoms with Gasteiger partial charge in [0.25, 0.3) is 0 Å². The number of nitrogen functional groups attached to an aromatic ring is 1. The van der Waals surface area contributed by atoms with Gasteiger partial charge in [-0.15, -0.1) is 0 Å². The number of carbonyl (C=O) groups is 1. The molecule has 0 aliphatic rings. The van der Waals surface area contributed by atoms with Gasteiger partial charge in [-0.1, -0.05) is 6.07 Å². The zero-order chi connectivity index (χ0) is 13.8. The van der Waals surface area contributed by atoms with Crippen molar-refractivity contribution in [1.29, 1.82) is 0 Å². The van der Waals surface area contributed by atoms with Crippen molar-refractivity contribution >= 4 is 28.8 Å². The molecule has 0 radical (unpaired) electrons. The number of carbonyl (C=O) groups excluding carboxylic acids is 1. The Balaban J connectivity index is 2.21. The molecule has 98 valence electrons. The van der Waals surface area contributed by atoms with E-state index in [1.165, 1.54) is 6.92 Å². The lowest BCUT2D eigenvalue weighted by Gasteiger charge is -2.10. The number of nitrogens with one attached hydrogen (secondary N) is 2. The normalized spacial score (nSPS) is 10.0. The van der Waals surface area contributed by atoms with Crippen molar-refractivity contribution in [3.05, 3.63) is 42.1 Å². The third-order valence-corrected chi connectivity index (χ3v) is 2.50. The zero-order valence-corrected chi connectivity index (χ0v) is 10.9. The first kappa shape index (κ1) is 12.9. The SMILES string of the molecule is CC(=O)Nc1cccc(Nc2ncc(C)cc2N)c1. The van der Waals surface area contributed by atoms with Gasteiger partial charge in [0.15, 0.2) is 5.82 Å². The summed E-state index contributed by atoms with van der Waals surface area (Å²) in [5.41, 5.74) is 9.03. The van der Waals surface area contributed by atoms with Crippen LogP contribution in [-0.4, -0.2) is 10.9 Å². The Bertz CT molecular complexity index is 610. The van der Waals surface area contributed by atoms with E-state index in [-0.39, 0.29) is 5.91 Å². The van der Waals surface area contributed by atoms with Crippen LogP contribution in [0.2, 0.25) is 0 Å². The van der Waals surface area contributed by atoms with E-state index in [1.54, 1.807) is 6.20 Å². The molecule has 0 spiro atoms. The summed E-state index contributed by atoms with van der Waals surface area (Å²) in [5, 5.41) is 5.85. The standard InChI is InChI=1S/C14H16N4O/c1-9-6-13(15)14(16-8-9)18-12-5-3-4-11(7-12)17-10(2)19/h3-8H,15H2,1-2H3,(H,16,18)(H,17,19). The maximum absolute atomic E-state index is 11.0. The Morgan fingerprint density at radius 3 is 2.68 bits per heavy atom. The smallest absolute Gasteiger partial charge is 0.221 e. The van der Waals surface area contributed by atoms with Gasteiger partial charge in [-0.2, -0.15) is 0 Å². The van der Waals surface area contributed by atoms with E-state index in [0.717, 1.165) is 16.9 Å². The summed E-state index contributed by atoms with van der Waals surface area (Å²) in [6.07, 6.45) is 1.75. The molecule has 5 nitrogen and oxygen atoms in total. The monoisotopic (exact) mass is 256 g/mol. The van der Waals surface area contributed by atoms with Crippen molar-refractivity contribution in [1.82, 2.24) is 4.98 Å². The van der Waals surface area contributed by atoms with Crippen LogP contribution in [0.5, 0.6) is 0 Å². The van der Waals surface area contributed by atoms with E-state index in [4.69, 9.17) is 5.73 Å². The molecule has 0 saturated carbocycles. The molecule has 0 unspecified atom stereocenters. The Hall–Kier alpha value is -2.56. The molecular weight excluding hydrogens is 240 g/mol. The molecule has 2 aromatic rings. The third kappa shape index (κ3) is 3.45. The van der Waals surface area contributed by atoms with Crippen LogP contribution in [0.15, 0.2) is 36.5 Å². The fourth-order valence-corrected chi connectivity index (χ4v) is 1.71. The van der Waals surface area contributed by atoms with Crippen LogP contribution < -0.4 is 16.4 Å². The minimum absolute atomic E-state index is 0.106. The molecule has 2 rings (SSSR count). The van der Waals surface area contributed by atoms with E-state index in [2.05, 4.69) is 15.6 Å². The maximum atomic E-state index is 11.0. The van der Waals surface area contributed by atoms with E-state index >= 15 is 0 Å². The van der Waals surface area contributed by atoms with Crippen molar-refractivity contribution in [3.8, 4) is 0 Å². The number of aryl methyl sites for hydroxylation is 1. The molecule has 1 aromatic heterocycles. The summed E-state index contributed by atoms with van der Waals surface area (Å²) in [5.74, 6) is 0.496. The number of nitrogens with two attached hydrogens (primary N) is 1. The van der Waals surface area contributed by atoms with Crippen LogP contribution >= 0.6 is 0 Å². The first-order valence-corrected chi connectivity index (χ1v) is 5.91. The summed E-state index contributed by atoms with van der Waals surface area (Å²) < 4.78 is 0. The van der Waals surface area contributed by atoms with Gasteiger partial charge in [-0.05, 0) is 36.8 Å². The molecule has 0 bridgehead atoms. The van der Waals surface area contributed by atoms with Gasteiger partial charge in [-0.25, -0.2) is 4.98 Å². The highest BCUT2D eigenvalue weighted by Gasteiger charge is 2.03. The quantitative estimate of drug-likeness (QED) is 0.788. The molecule has 1 heterocycles. The molecule has 0 fully saturated rings. The van der Waals surface area contributed by atoms with Crippen molar-refractivity contribution in [2.45, 2.75) is 13.8 Å². The largest absolute Gasteiger partial charge is 0.396 e. The second-order valence-electron chi connectivity index (χ2n) is 4.34. The van der Waals surface area contributed by atoms with Gasteiger partial charge in [-0.3, -0.25) is 4.79 Å². The molecule has 0 atom stereocenters. The average molecular weight is 256 g/mol. The molecule has 5 heteroatoms. The van der Waals surface area contributed by atoms with Crippen molar-refractivity contribution in [3.63, 3.8) is 0 Å². The molecular formula is C14H16N4O. The van der Waals surface area contributed by atoms with Gasteiger partial charge >= 0.3 is 0 Å². The number of anilines is 4. The predicted molar refractivity (Wildman–Crippen MR) is 77.4 cm³/mol. The van der Waals surface area contributed by atoms with Crippen LogP contribution in [-0.2, 0) is 4.79 Å². The number of nitrogens with zero attached hydrogens (tertiary/aromatic N) is 1. The second-order valence-corrected chi connectivity index (χ2v) is 4.34. The van der Waals surface area contributed by atoms with Crippen LogP contribution in [0.4, 0.5) is 22.9 Å². The summed E-state index contributed by atoms with van der Waals surface area (Å²) in [4.78, 5) is 15.3. The molecule has 19 heavy (non-hydrogen) atoms. The number of amides is 1. The Morgan fingerprint density at radius 1 is 1.26 bits per heavy atom. The number of aromatic nitrogens is 1. The molecule has 1 amide bonds. The fourth-order valence-electron chi connectivity index (χ4n) is 1.71. The number of hydrogen-bond donors (Lipinski definition) is 3. The Morgan fingerprint density at radius 2 is 2.00 bits per heavy atom. The summed E-state index contributed by atoms with van der Waals surface area (Å²) >= 11 is 0. The summed E-state index contributed by atoms with van der Waals surface area (Å²) in [6, 6.07) is 9.22. The molecule has 0 aliphatic heterocycles.